The highest BCUT2D eigenvalue weighted by Crippen LogP contribution is 2.29. The van der Waals surface area contributed by atoms with Gasteiger partial charge in [-0.3, -0.25) is 0 Å². The van der Waals surface area contributed by atoms with Crippen LogP contribution < -0.4 is 0 Å². The summed E-state index contributed by atoms with van der Waals surface area (Å²) in [6, 6.07) is 4.64. The molecule has 0 radical (unpaired) electrons. The third-order valence-electron chi connectivity index (χ3n) is 2.59. The Bertz CT molecular complexity index is 693. The number of hydrogen-bond donors (Lipinski definition) is 0. The Morgan fingerprint density at radius 2 is 2.05 bits per heavy atom. The zero-order valence-electron chi connectivity index (χ0n) is 10.3. The Morgan fingerprint density at radius 3 is 2.60 bits per heavy atom. The van der Waals surface area contributed by atoms with Gasteiger partial charge in [0.15, 0.2) is 0 Å². The molecule has 0 aliphatic carbocycles. The standard InChI is InChI=1S/C12H10BrF2NO3S/c1-16(7-9-3-2-4-19-9)20(17,18)12-10(13)5-8(14)6-11(12)15/h2-6H,7H2,1H3. The third kappa shape index (κ3) is 2.92. The highest BCUT2D eigenvalue weighted by Gasteiger charge is 2.28. The van der Waals surface area contributed by atoms with Gasteiger partial charge in [0.05, 0.1) is 12.8 Å². The Labute approximate surface area is 123 Å². The van der Waals surface area contributed by atoms with E-state index in [-0.39, 0.29) is 11.0 Å². The monoisotopic (exact) mass is 365 g/mol. The van der Waals surface area contributed by atoms with E-state index < -0.39 is 26.6 Å². The summed E-state index contributed by atoms with van der Waals surface area (Å²) in [7, 11) is -2.82. The van der Waals surface area contributed by atoms with Crippen molar-refractivity contribution in [2.45, 2.75) is 11.4 Å². The van der Waals surface area contributed by atoms with Crippen molar-refractivity contribution < 1.29 is 21.6 Å². The van der Waals surface area contributed by atoms with Gasteiger partial charge in [-0.25, -0.2) is 17.2 Å². The molecule has 20 heavy (non-hydrogen) atoms. The van der Waals surface area contributed by atoms with Gasteiger partial charge in [0.1, 0.15) is 22.3 Å². The number of furan rings is 1. The maximum atomic E-state index is 13.7. The number of halogens is 3. The van der Waals surface area contributed by atoms with Crippen LogP contribution in [0.25, 0.3) is 0 Å². The molecule has 108 valence electrons. The van der Waals surface area contributed by atoms with E-state index in [0.717, 1.165) is 10.4 Å². The maximum absolute atomic E-state index is 13.7. The van der Waals surface area contributed by atoms with E-state index in [1.54, 1.807) is 12.1 Å². The van der Waals surface area contributed by atoms with Crippen LogP contribution >= 0.6 is 15.9 Å². The summed E-state index contributed by atoms with van der Waals surface area (Å²) in [5.41, 5.74) is 0. The summed E-state index contributed by atoms with van der Waals surface area (Å²) in [4.78, 5) is -0.604. The van der Waals surface area contributed by atoms with Gasteiger partial charge in [0.2, 0.25) is 10.0 Å². The molecule has 0 N–H and O–H groups in total. The van der Waals surface area contributed by atoms with Crippen LogP contribution in [0.3, 0.4) is 0 Å². The van der Waals surface area contributed by atoms with Gasteiger partial charge < -0.3 is 4.42 Å². The number of hydrogen-bond acceptors (Lipinski definition) is 3. The summed E-state index contributed by atoms with van der Waals surface area (Å²) < 4.78 is 57.2. The van der Waals surface area contributed by atoms with Crippen molar-refractivity contribution in [3.8, 4) is 0 Å². The minimum atomic E-state index is -4.11. The van der Waals surface area contributed by atoms with E-state index >= 15 is 0 Å². The molecule has 0 saturated carbocycles. The van der Waals surface area contributed by atoms with E-state index in [2.05, 4.69) is 15.9 Å². The predicted octanol–water partition coefficient (Wildman–Crippen LogP) is 3.14. The minimum absolute atomic E-state index is 0.0570. The van der Waals surface area contributed by atoms with E-state index in [1.165, 1.54) is 13.3 Å². The summed E-state index contributed by atoms with van der Waals surface area (Å²) in [5, 5.41) is 0. The summed E-state index contributed by atoms with van der Waals surface area (Å²) in [6.07, 6.45) is 1.41. The van der Waals surface area contributed by atoms with Crippen molar-refractivity contribution in [3.05, 3.63) is 52.4 Å². The first-order valence-electron chi connectivity index (χ1n) is 5.45. The van der Waals surface area contributed by atoms with Crippen molar-refractivity contribution in [2.75, 3.05) is 7.05 Å². The van der Waals surface area contributed by atoms with Crippen LogP contribution in [0, 0.1) is 11.6 Å². The molecule has 0 fully saturated rings. The molecule has 1 aromatic heterocycles. The van der Waals surface area contributed by atoms with Crippen LogP contribution in [-0.4, -0.2) is 19.8 Å². The van der Waals surface area contributed by atoms with Gasteiger partial charge in [-0.2, -0.15) is 4.31 Å². The molecule has 4 nitrogen and oxygen atoms in total. The zero-order chi connectivity index (χ0) is 14.9. The molecule has 0 aliphatic rings. The zero-order valence-corrected chi connectivity index (χ0v) is 12.7. The van der Waals surface area contributed by atoms with Gasteiger partial charge >= 0.3 is 0 Å². The fourth-order valence-corrected chi connectivity index (χ4v) is 3.88. The van der Waals surface area contributed by atoms with Crippen LogP contribution in [0.2, 0.25) is 0 Å². The fraction of sp³-hybridized carbons (Fsp3) is 0.167. The van der Waals surface area contributed by atoms with Crippen molar-refractivity contribution in [1.82, 2.24) is 4.31 Å². The summed E-state index contributed by atoms with van der Waals surface area (Å²) in [6.45, 7) is -0.0570. The van der Waals surface area contributed by atoms with E-state index in [4.69, 9.17) is 4.42 Å². The van der Waals surface area contributed by atoms with Crippen LogP contribution in [0.1, 0.15) is 5.76 Å². The number of sulfonamides is 1. The molecule has 8 heteroatoms. The molecule has 1 aromatic carbocycles. The van der Waals surface area contributed by atoms with E-state index in [9.17, 15) is 17.2 Å². The fourth-order valence-electron chi connectivity index (χ4n) is 1.64. The van der Waals surface area contributed by atoms with Gasteiger partial charge in [0.25, 0.3) is 0 Å². The van der Waals surface area contributed by atoms with Crippen molar-refractivity contribution in [3.63, 3.8) is 0 Å². The first-order valence-corrected chi connectivity index (χ1v) is 7.69. The van der Waals surface area contributed by atoms with Crippen LogP contribution in [-0.2, 0) is 16.6 Å². The molecule has 2 rings (SSSR count). The first kappa shape index (κ1) is 15.1. The number of nitrogens with zero attached hydrogens (tertiary/aromatic N) is 1. The van der Waals surface area contributed by atoms with Gasteiger partial charge in [0, 0.05) is 17.6 Å². The topological polar surface area (TPSA) is 50.5 Å². The molecule has 0 aliphatic heterocycles. The van der Waals surface area contributed by atoms with Crippen molar-refractivity contribution in [1.29, 1.82) is 0 Å². The summed E-state index contributed by atoms with van der Waals surface area (Å²) >= 11 is 2.87. The second-order valence-electron chi connectivity index (χ2n) is 4.04. The molecule has 1 heterocycles. The average molecular weight is 366 g/mol. The normalized spacial score (nSPS) is 12.1. The molecule has 0 amide bonds. The Kier molecular flexibility index (Phi) is 4.26. The van der Waals surface area contributed by atoms with E-state index in [0.29, 0.717) is 11.8 Å². The molecule has 0 spiro atoms. The SMILES string of the molecule is CN(Cc1ccco1)S(=O)(=O)c1c(F)cc(F)cc1Br. The molecular weight excluding hydrogens is 356 g/mol. The Balaban J connectivity index is 2.40. The molecule has 2 aromatic rings. The predicted molar refractivity (Wildman–Crippen MR) is 71.4 cm³/mol. The van der Waals surface area contributed by atoms with Gasteiger partial charge in [-0.05, 0) is 34.1 Å². The van der Waals surface area contributed by atoms with Gasteiger partial charge in [-0.15, -0.1) is 0 Å². The lowest BCUT2D eigenvalue weighted by Gasteiger charge is -2.17. The first-order chi connectivity index (χ1) is 9.32. The Hall–Kier alpha value is -1.25. The molecule has 0 atom stereocenters. The second kappa shape index (κ2) is 5.63. The quantitative estimate of drug-likeness (QED) is 0.836. The molecule has 0 unspecified atom stereocenters. The van der Waals surface area contributed by atoms with Crippen LogP contribution in [0.5, 0.6) is 0 Å². The summed E-state index contributed by atoms with van der Waals surface area (Å²) in [5.74, 6) is -1.60. The van der Waals surface area contributed by atoms with Gasteiger partial charge in [-0.1, -0.05) is 0 Å². The smallest absolute Gasteiger partial charge is 0.247 e. The minimum Gasteiger partial charge on any atom is -0.468 e. The third-order valence-corrected chi connectivity index (χ3v) is 5.36. The Morgan fingerprint density at radius 1 is 1.35 bits per heavy atom. The number of benzene rings is 1. The van der Waals surface area contributed by atoms with Crippen LogP contribution in [0.4, 0.5) is 8.78 Å². The lowest BCUT2D eigenvalue weighted by molar-refractivity contribution is 0.403. The lowest BCUT2D eigenvalue weighted by atomic mass is 10.3. The van der Waals surface area contributed by atoms with Crippen molar-refractivity contribution in [2.24, 2.45) is 0 Å². The average Bonchev–Trinajstić information content (AvgIpc) is 2.79. The molecule has 0 bridgehead atoms. The maximum Gasteiger partial charge on any atom is 0.247 e. The molecule has 0 saturated heterocycles. The van der Waals surface area contributed by atoms with E-state index in [1.807, 2.05) is 0 Å². The largest absolute Gasteiger partial charge is 0.468 e. The number of rotatable bonds is 4. The highest BCUT2D eigenvalue weighted by atomic mass is 79.9. The molecular formula is C12H10BrF2NO3S. The lowest BCUT2D eigenvalue weighted by Crippen LogP contribution is -2.27. The van der Waals surface area contributed by atoms with Crippen molar-refractivity contribution >= 4 is 26.0 Å². The van der Waals surface area contributed by atoms with Crippen LogP contribution in [0.15, 0.2) is 44.3 Å². The second-order valence-corrected chi connectivity index (χ2v) is 6.88. The highest BCUT2D eigenvalue weighted by molar-refractivity contribution is 9.10.